The van der Waals surface area contributed by atoms with Crippen molar-refractivity contribution in [1.29, 1.82) is 0 Å². The number of carbonyl (C=O) groups excluding carboxylic acids is 3. The van der Waals surface area contributed by atoms with E-state index in [0.29, 0.717) is 6.42 Å². The van der Waals surface area contributed by atoms with Crippen molar-refractivity contribution in [3.05, 3.63) is 0 Å². The molecule has 0 radical (unpaired) electrons. The third kappa shape index (κ3) is 3.22. The van der Waals surface area contributed by atoms with Crippen LogP contribution in [0.2, 0.25) is 0 Å². The summed E-state index contributed by atoms with van der Waals surface area (Å²) >= 11 is 0. The Bertz CT molecular complexity index is 475. The van der Waals surface area contributed by atoms with Crippen molar-refractivity contribution in [3.63, 3.8) is 0 Å². The fraction of sp³-hybridized carbons (Fsp3) is 0.786. The van der Waals surface area contributed by atoms with E-state index in [1.807, 2.05) is 0 Å². The number of aliphatic hydroxyl groups is 1. The molecule has 0 spiro atoms. The molecule has 2 rings (SSSR count). The molecule has 0 aromatic rings. The SMILES string of the molecule is CC(=O)OC[C@]1(O)[C@H]2CO[C@H](C2)[C@H](OC(C)=O)[C@@H]1OC(C)=O. The second-order valence-electron chi connectivity index (χ2n) is 5.68. The molecule has 2 bridgehead atoms. The number of hydrogen-bond acceptors (Lipinski definition) is 8. The molecule has 1 N–H and O–H groups in total. The van der Waals surface area contributed by atoms with Crippen LogP contribution in [0, 0.1) is 5.92 Å². The van der Waals surface area contributed by atoms with Gasteiger partial charge in [-0.25, -0.2) is 0 Å². The first kappa shape index (κ1) is 16.7. The molecular weight excluding hydrogens is 296 g/mol. The van der Waals surface area contributed by atoms with Crippen LogP contribution in [0.3, 0.4) is 0 Å². The first-order chi connectivity index (χ1) is 10.2. The number of carbonyl (C=O) groups is 3. The smallest absolute Gasteiger partial charge is 0.303 e. The Morgan fingerprint density at radius 3 is 2.32 bits per heavy atom. The molecule has 1 heterocycles. The number of fused-ring (bicyclic) bond motifs is 2. The predicted octanol–water partition coefficient (Wildman–Crippen LogP) is -0.437. The van der Waals surface area contributed by atoms with Crippen LogP contribution < -0.4 is 0 Å². The summed E-state index contributed by atoms with van der Waals surface area (Å²) in [5, 5.41) is 11.0. The van der Waals surface area contributed by atoms with Crippen LogP contribution >= 0.6 is 0 Å². The maximum atomic E-state index is 11.4. The molecule has 22 heavy (non-hydrogen) atoms. The van der Waals surface area contributed by atoms with Crippen molar-refractivity contribution < 1.29 is 38.4 Å². The van der Waals surface area contributed by atoms with Crippen LogP contribution in [0.5, 0.6) is 0 Å². The normalized spacial score (nSPS) is 36.5. The Morgan fingerprint density at radius 1 is 1.14 bits per heavy atom. The van der Waals surface area contributed by atoms with Crippen LogP contribution in [0.25, 0.3) is 0 Å². The summed E-state index contributed by atoms with van der Waals surface area (Å²) in [5.74, 6) is -2.16. The first-order valence-electron chi connectivity index (χ1n) is 7.06. The molecule has 2 aliphatic rings. The van der Waals surface area contributed by atoms with Gasteiger partial charge >= 0.3 is 17.9 Å². The van der Waals surface area contributed by atoms with E-state index < -0.39 is 41.8 Å². The Balaban J connectivity index is 2.31. The van der Waals surface area contributed by atoms with Gasteiger partial charge in [0.15, 0.2) is 12.2 Å². The van der Waals surface area contributed by atoms with Gasteiger partial charge in [-0.3, -0.25) is 14.4 Å². The zero-order valence-corrected chi connectivity index (χ0v) is 12.7. The Hall–Kier alpha value is -1.67. The monoisotopic (exact) mass is 316 g/mol. The standard InChI is InChI=1S/C14H20O8/c1-7(15)20-6-14(18)10-4-11(19-5-10)12(21-8(2)16)13(14)22-9(3)17/h10-13,18H,4-6H2,1-3H3/t10-,11-,12+,13+,14+/m1/s1. The van der Waals surface area contributed by atoms with Crippen molar-refractivity contribution in [2.24, 2.45) is 5.92 Å². The quantitative estimate of drug-likeness (QED) is 0.549. The average molecular weight is 316 g/mol. The maximum absolute atomic E-state index is 11.4. The molecule has 8 nitrogen and oxygen atoms in total. The fourth-order valence-corrected chi connectivity index (χ4v) is 3.04. The zero-order chi connectivity index (χ0) is 16.5. The fourth-order valence-electron chi connectivity index (χ4n) is 3.04. The molecule has 0 amide bonds. The lowest BCUT2D eigenvalue weighted by atomic mass is 9.73. The lowest BCUT2D eigenvalue weighted by Crippen LogP contribution is -2.64. The molecule has 0 unspecified atom stereocenters. The van der Waals surface area contributed by atoms with E-state index in [9.17, 15) is 19.5 Å². The molecule has 1 saturated carbocycles. The summed E-state index contributed by atoms with van der Waals surface area (Å²) in [6.07, 6.45) is -2.14. The van der Waals surface area contributed by atoms with Gasteiger partial charge in [-0.15, -0.1) is 0 Å². The summed E-state index contributed by atoms with van der Waals surface area (Å²) in [6.45, 7) is 3.46. The minimum Gasteiger partial charge on any atom is -0.463 e. The zero-order valence-electron chi connectivity index (χ0n) is 12.7. The lowest BCUT2D eigenvalue weighted by Gasteiger charge is -2.45. The Labute approximate surface area is 127 Å². The van der Waals surface area contributed by atoms with Gasteiger partial charge in [-0.1, -0.05) is 0 Å². The average Bonchev–Trinajstić information content (AvgIpc) is 2.85. The van der Waals surface area contributed by atoms with E-state index in [1.54, 1.807) is 0 Å². The molecule has 1 aliphatic carbocycles. The van der Waals surface area contributed by atoms with Gasteiger partial charge in [0.1, 0.15) is 12.2 Å². The van der Waals surface area contributed by atoms with Gasteiger partial charge in [0.05, 0.1) is 12.7 Å². The summed E-state index contributed by atoms with van der Waals surface area (Å²) < 4.78 is 20.9. The number of ether oxygens (including phenoxy) is 4. The second kappa shape index (κ2) is 6.21. The molecule has 8 heteroatoms. The van der Waals surface area contributed by atoms with Crippen molar-refractivity contribution in [2.45, 2.75) is 51.1 Å². The van der Waals surface area contributed by atoms with Crippen molar-refractivity contribution in [3.8, 4) is 0 Å². The molecule has 1 aliphatic heterocycles. The number of rotatable bonds is 4. The molecule has 0 aromatic heterocycles. The summed E-state index contributed by atoms with van der Waals surface area (Å²) in [4.78, 5) is 33.8. The number of esters is 3. The van der Waals surface area contributed by atoms with E-state index in [2.05, 4.69) is 0 Å². The largest absolute Gasteiger partial charge is 0.463 e. The Morgan fingerprint density at radius 2 is 1.77 bits per heavy atom. The molecule has 0 aromatic carbocycles. The van der Waals surface area contributed by atoms with Gasteiger partial charge in [0, 0.05) is 26.7 Å². The van der Waals surface area contributed by atoms with Gasteiger partial charge in [0.25, 0.3) is 0 Å². The summed E-state index contributed by atoms with van der Waals surface area (Å²) in [7, 11) is 0. The second-order valence-corrected chi connectivity index (χ2v) is 5.68. The highest BCUT2D eigenvalue weighted by Crippen LogP contribution is 2.43. The van der Waals surface area contributed by atoms with Gasteiger partial charge in [-0.05, 0) is 6.42 Å². The number of hydrogen-bond donors (Lipinski definition) is 1. The van der Waals surface area contributed by atoms with E-state index in [4.69, 9.17) is 18.9 Å². The maximum Gasteiger partial charge on any atom is 0.303 e. The van der Waals surface area contributed by atoms with Crippen molar-refractivity contribution in [1.82, 2.24) is 0 Å². The lowest BCUT2D eigenvalue weighted by molar-refractivity contribution is -0.225. The van der Waals surface area contributed by atoms with Crippen LogP contribution in [0.4, 0.5) is 0 Å². The summed E-state index contributed by atoms with van der Waals surface area (Å²) in [6, 6.07) is 0. The molecular formula is C14H20O8. The van der Waals surface area contributed by atoms with Crippen LogP contribution in [0.15, 0.2) is 0 Å². The van der Waals surface area contributed by atoms with Gasteiger partial charge in [-0.2, -0.15) is 0 Å². The third-order valence-electron chi connectivity index (χ3n) is 3.99. The van der Waals surface area contributed by atoms with Crippen molar-refractivity contribution >= 4 is 17.9 Å². The molecule has 1 saturated heterocycles. The van der Waals surface area contributed by atoms with E-state index in [-0.39, 0.29) is 19.1 Å². The first-order valence-corrected chi connectivity index (χ1v) is 7.06. The highest BCUT2D eigenvalue weighted by atomic mass is 16.6. The highest BCUT2D eigenvalue weighted by Gasteiger charge is 2.61. The third-order valence-corrected chi connectivity index (χ3v) is 3.99. The van der Waals surface area contributed by atoms with Crippen LogP contribution in [-0.2, 0) is 33.3 Å². The van der Waals surface area contributed by atoms with Gasteiger partial charge in [0.2, 0.25) is 0 Å². The predicted molar refractivity (Wildman–Crippen MR) is 70.5 cm³/mol. The molecule has 5 atom stereocenters. The minimum atomic E-state index is -1.66. The van der Waals surface area contributed by atoms with E-state index in [0.717, 1.165) is 0 Å². The van der Waals surface area contributed by atoms with Gasteiger partial charge < -0.3 is 24.1 Å². The van der Waals surface area contributed by atoms with E-state index >= 15 is 0 Å². The molecule has 124 valence electrons. The van der Waals surface area contributed by atoms with E-state index in [1.165, 1.54) is 20.8 Å². The molecule has 2 fully saturated rings. The minimum absolute atomic E-state index is 0.206. The van der Waals surface area contributed by atoms with Crippen LogP contribution in [-0.4, -0.2) is 60.1 Å². The highest BCUT2D eigenvalue weighted by molar-refractivity contribution is 5.68. The van der Waals surface area contributed by atoms with Crippen LogP contribution in [0.1, 0.15) is 27.2 Å². The summed E-state index contributed by atoms with van der Waals surface area (Å²) in [5.41, 5.74) is -1.66. The topological polar surface area (TPSA) is 108 Å². The Kier molecular flexibility index (Phi) is 4.72. The van der Waals surface area contributed by atoms with Crippen molar-refractivity contribution in [2.75, 3.05) is 13.2 Å².